The number of aromatic nitrogens is 1. The molecule has 0 saturated heterocycles. The summed E-state index contributed by atoms with van der Waals surface area (Å²) in [5, 5.41) is 1.19. The molecule has 0 aliphatic carbocycles. The van der Waals surface area contributed by atoms with E-state index in [4.69, 9.17) is 0 Å². The summed E-state index contributed by atoms with van der Waals surface area (Å²) in [5.41, 5.74) is 3.27. The summed E-state index contributed by atoms with van der Waals surface area (Å²) in [5.74, 6) is 0. The second kappa shape index (κ2) is 6.53. The van der Waals surface area contributed by atoms with Crippen molar-refractivity contribution in [3.63, 3.8) is 0 Å². The van der Waals surface area contributed by atoms with Gasteiger partial charge in [0.15, 0.2) is 0 Å². The van der Waals surface area contributed by atoms with Gasteiger partial charge in [0, 0.05) is 41.3 Å². The number of fused-ring (bicyclic) bond motifs is 1. The Morgan fingerprint density at radius 2 is 1.73 bits per heavy atom. The molecule has 0 N–H and O–H groups in total. The van der Waals surface area contributed by atoms with Gasteiger partial charge in [-0.2, -0.15) is 0 Å². The van der Waals surface area contributed by atoms with Gasteiger partial charge in [0.1, 0.15) is 0 Å². The number of nitrogens with zero attached hydrogens (tertiary/aromatic N) is 1. The van der Waals surface area contributed by atoms with E-state index in [2.05, 4.69) is 47.4 Å². The molecule has 3 heteroatoms. The monoisotopic (exact) mass is 479 g/mol. The molecule has 22 heavy (non-hydrogen) atoms. The van der Waals surface area contributed by atoms with Crippen LogP contribution in [0.15, 0.2) is 72.9 Å². The van der Waals surface area contributed by atoms with Crippen molar-refractivity contribution >= 4 is 21.4 Å². The molecule has 2 aromatic carbocycles. The Kier molecular flexibility index (Phi) is 4.49. The van der Waals surface area contributed by atoms with Crippen LogP contribution in [0, 0.1) is 6.07 Å². The smallest absolute Gasteiger partial charge is 0.0355 e. The van der Waals surface area contributed by atoms with Crippen LogP contribution in [0.5, 0.6) is 0 Å². The fourth-order valence-electron chi connectivity index (χ4n) is 2.38. The van der Waals surface area contributed by atoms with Gasteiger partial charge in [-0.15, -0.1) is 47.2 Å². The maximum atomic E-state index is 4.56. The van der Waals surface area contributed by atoms with Crippen molar-refractivity contribution in [3.8, 4) is 21.7 Å². The summed E-state index contributed by atoms with van der Waals surface area (Å²) in [4.78, 5) is 5.84. The SMILES string of the molecule is [Ir].[c-]1ccccc1-c1cc2sc(-c3ccccc3)cc2cn1. The Morgan fingerprint density at radius 1 is 0.909 bits per heavy atom. The van der Waals surface area contributed by atoms with E-state index in [1.54, 1.807) is 11.3 Å². The molecule has 4 rings (SSSR count). The predicted octanol–water partition coefficient (Wildman–Crippen LogP) is 5.43. The van der Waals surface area contributed by atoms with E-state index in [1.165, 1.54) is 20.5 Å². The largest absolute Gasteiger partial charge is 0.304 e. The molecule has 0 spiro atoms. The van der Waals surface area contributed by atoms with Crippen molar-refractivity contribution in [1.29, 1.82) is 0 Å². The van der Waals surface area contributed by atoms with E-state index >= 15 is 0 Å². The molecule has 0 saturated carbocycles. The summed E-state index contributed by atoms with van der Waals surface area (Å²) in [6, 6.07) is 26.0. The molecule has 4 aromatic rings. The van der Waals surface area contributed by atoms with Crippen molar-refractivity contribution < 1.29 is 20.1 Å². The molecule has 0 unspecified atom stereocenters. The Morgan fingerprint density at radius 3 is 2.50 bits per heavy atom. The van der Waals surface area contributed by atoms with Gasteiger partial charge in [-0.25, -0.2) is 0 Å². The average molecular weight is 479 g/mol. The van der Waals surface area contributed by atoms with Gasteiger partial charge >= 0.3 is 0 Å². The van der Waals surface area contributed by atoms with Crippen molar-refractivity contribution in [1.82, 2.24) is 4.98 Å². The molecular weight excluding hydrogens is 467 g/mol. The van der Waals surface area contributed by atoms with E-state index in [0.29, 0.717) is 0 Å². The molecule has 2 aromatic heterocycles. The first kappa shape index (κ1) is 15.1. The molecule has 1 radical (unpaired) electrons. The molecule has 0 aliphatic rings. The van der Waals surface area contributed by atoms with Crippen LogP contribution < -0.4 is 0 Å². The van der Waals surface area contributed by atoms with Crippen LogP contribution in [-0.2, 0) is 20.1 Å². The fraction of sp³-hybridized carbons (Fsp3) is 0. The molecule has 2 heterocycles. The van der Waals surface area contributed by atoms with Crippen LogP contribution in [0.25, 0.3) is 31.8 Å². The van der Waals surface area contributed by atoms with Crippen molar-refractivity contribution in [2.75, 3.05) is 0 Å². The summed E-state index contributed by atoms with van der Waals surface area (Å²) in [6.07, 6.45) is 1.95. The first-order chi connectivity index (χ1) is 10.4. The second-order valence-corrected chi connectivity index (χ2v) is 5.94. The van der Waals surface area contributed by atoms with Crippen molar-refractivity contribution in [2.45, 2.75) is 0 Å². The number of hydrogen-bond acceptors (Lipinski definition) is 2. The topological polar surface area (TPSA) is 12.9 Å². The zero-order valence-corrected chi connectivity index (χ0v) is 14.8. The molecule has 1 nitrogen and oxygen atoms in total. The Balaban J connectivity index is 0.00000144. The molecule has 0 amide bonds. The van der Waals surface area contributed by atoms with E-state index < -0.39 is 0 Å². The zero-order valence-electron chi connectivity index (χ0n) is 11.6. The number of rotatable bonds is 2. The quantitative estimate of drug-likeness (QED) is 0.350. The Bertz CT molecular complexity index is 848. The second-order valence-electron chi connectivity index (χ2n) is 4.86. The predicted molar refractivity (Wildman–Crippen MR) is 89.3 cm³/mol. The van der Waals surface area contributed by atoms with Gasteiger partial charge in [-0.05, 0) is 17.3 Å². The normalized spacial score (nSPS) is 10.4. The first-order valence-corrected chi connectivity index (χ1v) is 7.64. The minimum Gasteiger partial charge on any atom is -0.304 e. The van der Waals surface area contributed by atoms with Crippen LogP contribution in [0.4, 0.5) is 0 Å². The van der Waals surface area contributed by atoms with Crippen LogP contribution in [0.2, 0.25) is 0 Å². The Hall–Kier alpha value is -1.80. The third-order valence-corrected chi connectivity index (χ3v) is 4.59. The van der Waals surface area contributed by atoms with Gasteiger partial charge in [-0.3, -0.25) is 0 Å². The van der Waals surface area contributed by atoms with Gasteiger partial charge in [0.25, 0.3) is 0 Å². The zero-order chi connectivity index (χ0) is 14.1. The van der Waals surface area contributed by atoms with Gasteiger partial charge in [0.2, 0.25) is 0 Å². The number of hydrogen-bond donors (Lipinski definition) is 0. The maximum absolute atomic E-state index is 4.56. The molecule has 0 atom stereocenters. The minimum absolute atomic E-state index is 0. The van der Waals surface area contributed by atoms with Crippen LogP contribution in [0.1, 0.15) is 0 Å². The van der Waals surface area contributed by atoms with Crippen LogP contribution in [0.3, 0.4) is 0 Å². The molecule has 0 aliphatic heterocycles. The Labute approximate surface area is 147 Å². The first-order valence-electron chi connectivity index (χ1n) is 6.82. The fourth-order valence-corrected chi connectivity index (χ4v) is 3.45. The summed E-state index contributed by atoms with van der Waals surface area (Å²) >= 11 is 1.81. The maximum Gasteiger partial charge on any atom is 0.0355 e. The van der Waals surface area contributed by atoms with Crippen molar-refractivity contribution in [2.24, 2.45) is 0 Å². The third-order valence-electron chi connectivity index (χ3n) is 3.44. The molecule has 109 valence electrons. The number of thiophene rings is 1. The number of benzene rings is 2. The van der Waals surface area contributed by atoms with Gasteiger partial charge in [0.05, 0.1) is 0 Å². The third kappa shape index (κ3) is 2.88. The van der Waals surface area contributed by atoms with Crippen LogP contribution in [-0.4, -0.2) is 4.98 Å². The average Bonchev–Trinajstić information content (AvgIpc) is 2.99. The van der Waals surface area contributed by atoms with E-state index in [-0.39, 0.29) is 20.1 Å². The van der Waals surface area contributed by atoms with E-state index in [1.807, 2.05) is 36.5 Å². The van der Waals surface area contributed by atoms with Gasteiger partial charge < -0.3 is 4.98 Å². The summed E-state index contributed by atoms with van der Waals surface area (Å²) < 4.78 is 1.26. The standard InChI is InChI=1S/C19H12NS.Ir/c1-3-7-14(8-4-1)17-12-19-16(13-20-17)11-18(21-19)15-9-5-2-6-10-15;/h1-7,9-13H;/q-1;. The van der Waals surface area contributed by atoms with Crippen molar-refractivity contribution in [3.05, 3.63) is 79.0 Å². The van der Waals surface area contributed by atoms with Gasteiger partial charge in [-0.1, -0.05) is 36.4 Å². The molecule has 0 fully saturated rings. The molecular formula is C19H12IrNS-. The summed E-state index contributed by atoms with van der Waals surface area (Å²) in [6.45, 7) is 0. The summed E-state index contributed by atoms with van der Waals surface area (Å²) in [7, 11) is 0. The van der Waals surface area contributed by atoms with E-state index in [0.717, 1.165) is 11.3 Å². The molecule has 0 bridgehead atoms. The van der Waals surface area contributed by atoms with Crippen LogP contribution >= 0.6 is 11.3 Å². The minimum atomic E-state index is 0. The van der Waals surface area contributed by atoms with E-state index in [9.17, 15) is 0 Å². The number of pyridine rings is 1.